The predicted molar refractivity (Wildman–Crippen MR) is 548 cm³/mol. The number of carbonyl (C=O) groups excluding carboxylic acids is 13. The molecule has 8 unspecified atom stereocenters. The molecule has 37 heteroatoms. The van der Waals surface area contributed by atoms with Gasteiger partial charge in [0.15, 0.2) is 0 Å². The van der Waals surface area contributed by atoms with Gasteiger partial charge in [0, 0.05) is 109 Å². The Morgan fingerprint density at radius 2 is 0.652 bits per heavy atom. The summed E-state index contributed by atoms with van der Waals surface area (Å²) in [4.78, 5) is 153. The molecule has 0 aromatic rings. The lowest BCUT2D eigenvalue weighted by atomic mass is 9.90. The number of aliphatic imine (C=N–C) groups is 2. The molecule has 1 fully saturated rings. The molecule has 0 N–H and O–H groups in total. The van der Waals surface area contributed by atoms with Crippen LogP contribution in [-0.2, 0) is 140 Å². The second-order valence-electron chi connectivity index (χ2n) is 37.4. The molecule has 1 rings (SSSR count). The molecule has 0 spiro atoms. The predicted octanol–water partition coefficient (Wildman–Crippen LogP) is 19.1. The number of amides is 2. The zero-order valence-electron chi connectivity index (χ0n) is 94.3. The van der Waals surface area contributed by atoms with Crippen LogP contribution < -0.4 is 0 Å². The van der Waals surface area contributed by atoms with E-state index in [1.807, 2.05) is 159 Å². The highest BCUT2D eigenvalue weighted by molar-refractivity contribution is 6.60. The molecular formula is C101H200N4O30Si3. The fourth-order valence-electron chi connectivity index (χ4n) is 9.89. The third kappa shape index (κ3) is 75.2. The molecular weight excluding hydrogens is 1830 g/mol. The summed E-state index contributed by atoms with van der Waals surface area (Å²) in [6.07, 6.45) is 21.8. The molecule has 1 aliphatic heterocycles. The van der Waals surface area contributed by atoms with Crippen molar-refractivity contribution in [3.8, 4) is 0 Å². The zero-order chi connectivity index (χ0) is 109. The second-order valence-corrected chi connectivity index (χ2v) is 45.9. The third-order valence-corrected chi connectivity index (χ3v) is 31.8. The first-order valence-electron chi connectivity index (χ1n) is 49.8. The monoisotopic (exact) mass is 2030 g/mol. The lowest BCUT2D eigenvalue weighted by molar-refractivity contribution is -0.156. The summed E-state index contributed by atoms with van der Waals surface area (Å²) in [5, 5.41) is 0. The lowest BCUT2D eigenvalue weighted by Crippen LogP contribution is -2.42. The van der Waals surface area contributed by atoms with Gasteiger partial charge < -0.3 is 87.8 Å². The third-order valence-electron chi connectivity index (χ3n) is 24.2. The summed E-state index contributed by atoms with van der Waals surface area (Å²) in [7, 11) is 13.4. The van der Waals surface area contributed by atoms with Gasteiger partial charge in [0.25, 0.3) is 0 Å². The lowest BCUT2D eigenvalue weighted by Gasteiger charge is -2.24. The van der Waals surface area contributed by atoms with Crippen LogP contribution in [0.15, 0.2) is 9.98 Å². The summed E-state index contributed by atoms with van der Waals surface area (Å²) in [6.45, 7) is 60.4. The first-order valence-corrected chi connectivity index (χ1v) is 55.4. The Hall–Kier alpha value is -6.58. The smallest absolute Gasteiger partial charge is 0.465 e. The van der Waals surface area contributed by atoms with Crippen molar-refractivity contribution >= 4 is 105 Å². The van der Waals surface area contributed by atoms with Crippen molar-refractivity contribution in [2.24, 2.45) is 84.4 Å². The van der Waals surface area contributed by atoms with Gasteiger partial charge in [-0.2, -0.15) is 0 Å². The number of unbranched alkanes of at least 4 members (excludes halogenated alkanes) is 2. The quantitative estimate of drug-likeness (QED) is 0.0104. The second kappa shape index (κ2) is 89.3. The molecule has 0 aliphatic carbocycles. The van der Waals surface area contributed by atoms with Crippen molar-refractivity contribution in [3.05, 3.63) is 0 Å². The Morgan fingerprint density at radius 1 is 0.377 bits per heavy atom. The van der Waals surface area contributed by atoms with E-state index in [1.54, 1.807) is 109 Å². The Bertz CT molecular complexity index is 3140. The highest BCUT2D eigenvalue weighted by Gasteiger charge is 2.40. The van der Waals surface area contributed by atoms with Crippen molar-refractivity contribution in [3.63, 3.8) is 0 Å². The summed E-state index contributed by atoms with van der Waals surface area (Å²) < 4.78 is 87.6. The van der Waals surface area contributed by atoms with Gasteiger partial charge in [0.05, 0.1) is 110 Å². The minimum Gasteiger partial charge on any atom is -0.465 e. The largest absolute Gasteiger partial charge is 0.500 e. The van der Waals surface area contributed by atoms with Crippen LogP contribution in [0.5, 0.6) is 0 Å². The Kier molecular flexibility index (Phi) is 96.5. The number of hydrogen-bond donors (Lipinski definition) is 0. The molecule has 0 radical (unpaired) electrons. The standard InChI is InChI=1S/2C14H28O2.C12H26O5Si.C11H19NO4.C11H24O5Si.C10H22O4Si.C9H15NO3.2C7H15NO.C6H8O3/c2*1-6-9-10-12(7-2)11-16-13(15)14(4,5)8-3;1-7-12(2,3)11(13)17-9-8-10-18(14-4,15-5)16-6;1-4-11(2,3)10(14)16-8-7-15-6-5-12-9-13;1-6-10(2)11(12)16-8-7-9-17(13-3,14-4)15-5;1-5-9(2)10(11)14-7-6-8-15(12-3)13-4;1-4-9(2,3)8(12)13-6-5-10-7-11;2*1-5-6(2)7(9)8(3)4;1-3-4(2)6(8)9-5(3)7/h2*12H,6-11H2,1-5H3;7-10H2,1-6H3;4-8H2,1-3H3;10H,6-9H2,1-5H3;9,15H,5-8H2,1-4H3;4-6H2,1-3H3;2*6H,5H2,1-4H3;3-4H,1-2H3. The highest BCUT2D eigenvalue weighted by atomic mass is 28.4. The molecule has 34 nitrogen and oxygen atoms in total. The van der Waals surface area contributed by atoms with Gasteiger partial charge >= 0.3 is 80.6 Å². The van der Waals surface area contributed by atoms with E-state index in [4.69, 9.17) is 73.3 Å². The maximum atomic E-state index is 11.8. The van der Waals surface area contributed by atoms with Gasteiger partial charge in [0.2, 0.25) is 24.0 Å². The topological polar surface area (TPSA) is 410 Å². The first kappa shape index (κ1) is 149. The first-order chi connectivity index (χ1) is 64.4. The average Bonchev–Trinajstić information content (AvgIpc) is 1.72. The molecule has 0 aromatic carbocycles. The maximum Gasteiger partial charge on any atom is 0.500 e. The normalized spacial score (nSPS) is 14.0. The fourth-order valence-corrected chi connectivity index (χ4v) is 14.4. The van der Waals surface area contributed by atoms with E-state index in [0.29, 0.717) is 83.0 Å². The molecule has 1 heterocycles. The Morgan fingerprint density at radius 3 is 0.891 bits per heavy atom. The molecule has 0 saturated carbocycles. The van der Waals surface area contributed by atoms with E-state index < -0.39 is 55.1 Å². The number of carbonyl (C=O) groups is 11. The molecule has 1 aliphatic rings. The van der Waals surface area contributed by atoms with Crippen molar-refractivity contribution in [1.29, 1.82) is 0 Å². The number of nitrogens with zero attached hydrogens (tertiary/aromatic N) is 4. The van der Waals surface area contributed by atoms with Gasteiger partial charge in [0.1, 0.15) is 13.2 Å². The Labute approximate surface area is 839 Å². The van der Waals surface area contributed by atoms with Gasteiger partial charge in [-0.05, 0) is 177 Å². The molecule has 2 amide bonds. The fraction of sp³-hybridized carbons (Fsp3) is 0.871. The van der Waals surface area contributed by atoms with Gasteiger partial charge in [-0.25, -0.2) is 19.6 Å². The number of rotatable bonds is 59. The molecule has 816 valence electrons. The highest BCUT2D eigenvalue weighted by Crippen LogP contribution is 2.28. The number of isocyanates is 2. The van der Waals surface area contributed by atoms with Crippen molar-refractivity contribution in [2.45, 2.75) is 347 Å². The molecule has 1 saturated heterocycles. The van der Waals surface area contributed by atoms with Crippen LogP contribution in [0.1, 0.15) is 329 Å². The van der Waals surface area contributed by atoms with Gasteiger partial charge in [-0.3, -0.25) is 52.7 Å². The van der Waals surface area contributed by atoms with E-state index >= 15 is 0 Å². The van der Waals surface area contributed by atoms with Crippen LogP contribution in [-0.4, -0.2) is 272 Å². The number of esters is 9. The van der Waals surface area contributed by atoms with Crippen LogP contribution in [0.3, 0.4) is 0 Å². The van der Waals surface area contributed by atoms with Gasteiger partial charge in [-0.15, -0.1) is 0 Å². The van der Waals surface area contributed by atoms with E-state index in [9.17, 15) is 62.3 Å². The van der Waals surface area contributed by atoms with E-state index in [1.165, 1.54) is 50.7 Å². The van der Waals surface area contributed by atoms with Crippen LogP contribution in [0.25, 0.3) is 0 Å². The number of cyclic esters (lactones) is 2. The SMILES string of the molecule is CC1C(=O)OC(=O)C1C.CCC(C)(C)C(=O)OCCC[Si](OC)(OC)OC.CCC(C)(C)C(=O)OCCN=C=O.CCC(C)(C)C(=O)OCCOCCN=C=O.CCC(C)C(=O)N(C)C.CCC(C)C(=O)N(C)C.CCC(C)C(=O)OCCC[SiH](OC)OC.CCC(C)C(=O)OCCC[Si](OC)(OC)OC.CCCCC(CC)COC(=O)C(C)(C)CC.CCCCC(CC)COC(=O)C(C)(C)CC. The molecule has 0 bridgehead atoms. The van der Waals surface area contributed by atoms with Crippen molar-refractivity contribution in [1.82, 2.24) is 9.80 Å². The summed E-state index contributed by atoms with van der Waals surface area (Å²) in [5.41, 5.74) is -1.98. The molecule has 0 aromatic heterocycles. The number of hydrogen-bond acceptors (Lipinski definition) is 32. The minimum absolute atomic E-state index is 0.00268. The maximum absolute atomic E-state index is 11.8. The zero-order valence-corrected chi connectivity index (χ0v) is 97.4. The molecule has 138 heavy (non-hydrogen) atoms. The molecule has 8 atom stereocenters. The number of ether oxygens (including phenoxy) is 9. The van der Waals surface area contributed by atoms with Gasteiger partial charge in [-0.1, -0.05) is 170 Å². The minimum atomic E-state index is -2.53. The van der Waals surface area contributed by atoms with Crippen LogP contribution in [0.2, 0.25) is 18.1 Å². The van der Waals surface area contributed by atoms with Crippen LogP contribution in [0.4, 0.5) is 0 Å². The summed E-state index contributed by atoms with van der Waals surface area (Å²) in [6, 6.07) is 2.15. The summed E-state index contributed by atoms with van der Waals surface area (Å²) >= 11 is 0. The van der Waals surface area contributed by atoms with Crippen LogP contribution >= 0.6 is 0 Å². The van der Waals surface area contributed by atoms with E-state index in [0.717, 1.165) is 83.1 Å². The van der Waals surface area contributed by atoms with E-state index in [-0.39, 0.29) is 126 Å². The summed E-state index contributed by atoms with van der Waals surface area (Å²) in [5.74, 6) is -0.442. The average molecular weight is 2030 g/mol. The van der Waals surface area contributed by atoms with E-state index in [2.05, 4.69) is 42.4 Å². The Balaban J connectivity index is -0.000000193. The van der Waals surface area contributed by atoms with Crippen LogP contribution in [0, 0.1) is 74.4 Å². The van der Waals surface area contributed by atoms with Crippen molar-refractivity contribution < 1.29 is 140 Å². The van der Waals surface area contributed by atoms with Crippen molar-refractivity contribution in [2.75, 3.05) is 158 Å².